The zero-order chi connectivity index (χ0) is 18.4. The number of thioether (sulfide) groups is 1. The van der Waals surface area contributed by atoms with E-state index < -0.39 is 0 Å². The minimum absolute atomic E-state index is 0.0930. The number of methoxy groups -OCH3 is 1. The van der Waals surface area contributed by atoms with Gasteiger partial charge in [-0.1, -0.05) is 17.8 Å². The Balaban J connectivity index is 1.53. The first-order valence-corrected chi connectivity index (χ1v) is 9.29. The van der Waals surface area contributed by atoms with E-state index in [0.29, 0.717) is 48.8 Å². The van der Waals surface area contributed by atoms with Gasteiger partial charge < -0.3 is 23.7 Å². The number of rotatable bonds is 7. The summed E-state index contributed by atoms with van der Waals surface area (Å²) < 4.78 is 18.0. The highest BCUT2D eigenvalue weighted by Gasteiger charge is 2.18. The molecule has 1 aliphatic rings. The molecule has 1 aromatic heterocycles. The van der Waals surface area contributed by atoms with Gasteiger partial charge in [0.2, 0.25) is 5.91 Å². The normalized spacial score (nSPS) is 14.3. The van der Waals surface area contributed by atoms with Crippen molar-refractivity contribution in [3.63, 3.8) is 0 Å². The molecule has 26 heavy (non-hydrogen) atoms. The zero-order valence-corrected chi connectivity index (χ0v) is 15.7. The number of morpholine rings is 1. The van der Waals surface area contributed by atoms with Crippen LogP contribution < -0.4 is 9.47 Å². The van der Waals surface area contributed by atoms with Crippen molar-refractivity contribution in [1.82, 2.24) is 19.7 Å². The van der Waals surface area contributed by atoms with Crippen molar-refractivity contribution >= 4 is 17.7 Å². The lowest BCUT2D eigenvalue weighted by molar-refractivity contribution is -0.132. The van der Waals surface area contributed by atoms with Crippen LogP contribution in [0.1, 0.15) is 5.82 Å². The van der Waals surface area contributed by atoms with Crippen molar-refractivity contribution in [3.05, 3.63) is 30.1 Å². The maximum atomic E-state index is 12.2. The molecule has 1 aromatic carbocycles. The molecule has 140 valence electrons. The molecule has 3 rings (SSSR count). The number of ether oxygens (including phenoxy) is 3. The Kier molecular flexibility index (Phi) is 6.35. The van der Waals surface area contributed by atoms with Gasteiger partial charge in [-0.2, -0.15) is 0 Å². The van der Waals surface area contributed by atoms with Crippen molar-refractivity contribution in [2.75, 3.05) is 39.2 Å². The third-order valence-corrected chi connectivity index (χ3v) is 5.03. The van der Waals surface area contributed by atoms with Crippen molar-refractivity contribution in [3.8, 4) is 11.5 Å². The predicted octanol–water partition coefficient (Wildman–Crippen LogP) is 1.35. The molecule has 1 saturated heterocycles. The quantitative estimate of drug-likeness (QED) is 0.673. The summed E-state index contributed by atoms with van der Waals surface area (Å²) in [4.78, 5) is 14.0. The number of nitrogens with zero attached hydrogens (tertiary/aromatic N) is 4. The fraction of sp³-hybridized carbons (Fsp3) is 0.471. The van der Waals surface area contributed by atoms with Crippen LogP contribution in [0.4, 0.5) is 0 Å². The van der Waals surface area contributed by atoms with Gasteiger partial charge in [-0.15, -0.1) is 10.2 Å². The second kappa shape index (κ2) is 8.91. The molecular formula is C17H22N4O4S. The molecule has 0 atom stereocenters. The molecule has 1 amide bonds. The Morgan fingerprint density at radius 1 is 1.27 bits per heavy atom. The number of benzene rings is 1. The third kappa shape index (κ3) is 4.67. The highest BCUT2D eigenvalue weighted by Crippen LogP contribution is 2.21. The largest absolute Gasteiger partial charge is 0.497 e. The van der Waals surface area contributed by atoms with Crippen LogP contribution in [-0.2, 0) is 23.2 Å². The monoisotopic (exact) mass is 378 g/mol. The third-order valence-electron chi connectivity index (χ3n) is 4.02. The molecule has 0 spiro atoms. The van der Waals surface area contributed by atoms with Crippen LogP contribution in [0.2, 0.25) is 0 Å². The number of hydrogen-bond acceptors (Lipinski definition) is 7. The van der Waals surface area contributed by atoms with Gasteiger partial charge in [0, 0.05) is 26.2 Å². The van der Waals surface area contributed by atoms with Crippen molar-refractivity contribution in [2.45, 2.75) is 11.8 Å². The molecule has 9 heteroatoms. The second-order valence-corrected chi connectivity index (χ2v) is 6.65. The highest BCUT2D eigenvalue weighted by molar-refractivity contribution is 7.99. The Labute approximate surface area is 156 Å². The first-order chi connectivity index (χ1) is 12.7. The van der Waals surface area contributed by atoms with E-state index in [1.165, 1.54) is 11.8 Å². The summed E-state index contributed by atoms with van der Waals surface area (Å²) in [5.74, 6) is 2.55. The van der Waals surface area contributed by atoms with Gasteiger partial charge in [0.25, 0.3) is 0 Å². The van der Waals surface area contributed by atoms with Gasteiger partial charge in [-0.3, -0.25) is 4.79 Å². The van der Waals surface area contributed by atoms with E-state index in [4.69, 9.17) is 14.2 Å². The summed E-state index contributed by atoms with van der Waals surface area (Å²) in [6.07, 6.45) is 0. The minimum atomic E-state index is 0.0930. The van der Waals surface area contributed by atoms with E-state index in [9.17, 15) is 4.79 Å². The molecule has 0 N–H and O–H groups in total. The van der Waals surface area contributed by atoms with E-state index in [-0.39, 0.29) is 12.5 Å². The van der Waals surface area contributed by atoms with Gasteiger partial charge in [-0.25, -0.2) is 0 Å². The Morgan fingerprint density at radius 3 is 2.81 bits per heavy atom. The van der Waals surface area contributed by atoms with Gasteiger partial charge in [0.15, 0.2) is 11.0 Å². The fourth-order valence-electron chi connectivity index (χ4n) is 2.47. The molecule has 0 unspecified atom stereocenters. The standard InChI is InChI=1S/C17H22N4O4S/c1-20-15(11-25-14-5-3-4-13(10-14)23-2)18-19-17(20)26-12-16(22)21-6-8-24-9-7-21/h3-5,10H,6-9,11-12H2,1-2H3. The molecule has 1 aliphatic heterocycles. The summed E-state index contributed by atoms with van der Waals surface area (Å²) in [7, 11) is 3.48. The van der Waals surface area contributed by atoms with E-state index >= 15 is 0 Å². The topological polar surface area (TPSA) is 78.7 Å². The number of carbonyl (C=O) groups excluding carboxylic acids is 1. The Morgan fingerprint density at radius 2 is 2.04 bits per heavy atom. The van der Waals surface area contributed by atoms with Crippen LogP contribution in [-0.4, -0.2) is 64.7 Å². The Bertz CT molecular complexity index is 746. The lowest BCUT2D eigenvalue weighted by atomic mass is 10.3. The summed E-state index contributed by atoms with van der Waals surface area (Å²) >= 11 is 1.38. The summed E-state index contributed by atoms with van der Waals surface area (Å²) in [5, 5.41) is 9.00. The van der Waals surface area contributed by atoms with Crippen LogP contribution in [0.3, 0.4) is 0 Å². The molecule has 1 fully saturated rings. The lowest BCUT2D eigenvalue weighted by Gasteiger charge is -2.26. The summed E-state index contributed by atoms with van der Waals surface area (Å²) in [5.41, 5.74) is 0. The first-order valence-electron chi connectivity index (χ1n) is 8.31. The molecule has 0 saturated carbocycles. The van der Waals surface area contributed by atoms with Crippen molar-refractivity contribution in [2.24, 2.45) is 7.05 Å². The van der Waals surface area contributed by atoms with E-state index in [1.54, 1.807) is 7.11 Å². The molecule has 0 aliphatic carbocycles. The zero-order valence-electron chi connectivity index (χ0n) is 14.9. The van der Waals surface area contributed by atoms with E-state index in [2.05, 4.69) is 10.2 Å². The van der Waals surface area contributed by atoms with Gasteiger partial charge >= 0.3 is 0 Å². The average Bonchev–Trinajstić information content (AvgIpc) is 3.05. The van der Waals surface area contributed by atoms with E-state index in [1.807, 2.05) is 40.8 Å². The SMILES string of the molecule is COc1cccc(OCc2nnc(SCC(=O)N3CCOCC3)n2C)c1. The maximum absolute atomic E-state index is 12.2. The molecular weight excluding hydrogens is 356 g/mol. The first kappa shape index (κ1) is 18.5. The van der Waals surface area contributed by atoms with Gasteiger partial charge in [0.1, 0.15) is 18.1 Å². The lowest BCUT2D eigenvalue weighted by Crippen LogP contribution is -2.41. The number of carbonyl (C=O) groups is 1. The summed E-state index contributed by atoms with van der Waals surface area (Å²) in [6, 6.07) is 7.39. The molecule has 2 heterocycles. The number of amides is 1. The van der Waals surface area contributed by atoms with Crippen LogP contribution in [0, 0.1) is 0 Å². The van der Waals surface area contributed by atoms with Crippen molar-refractivity contribution < 1.29 is 19.0 Å². The Hall–Kier alpha value is -2.26. The van der Waals surface area contributed by atoms with Crippen LogP contribution in [0.25, 0.3) is 0 Å². The maximum Gasteiger partial charge on any atom is 0.233 e. The average molecular weight is 378 g/mol. The van der Waals surface area contributed by atoms with Gasteiger partial charge in [-0.05, 0) is 12.1 Å². The molecule has 2 aromatic rings. The minimum Gasteiger partial charge on any atom is -0.497 e. The van der Waals surface area contributed by atoms with Crippen LogP contribution in [0.15, 0.2) is 29.4 Å². The second-order valence-electron chi connectivity index (χ2n) is 5.71. The summed E-state index contributed by atoms with van der Waals surface area (Å²) in [6.45, 7) is 2.79. The fourth-order valence-corrected chi connectivity index (χ4v) is 3.30. The highest BCUT2D eigenvalue weighted by atomic mass is 32.2. The van der Waals surface area contributed by atoms with Crippen LogP contribution in [0.5, 0.6) is 11.5 Å². The van der Waals surface area contributed by atoms with Gasteiger partial charge in [0.05, 0.1) is 26.1 Å². The smallest absolute Gasteiger partial charge is 0.233 e. The predicted molar refractivity (Wildman–Crippen MR) is 96.5 cm³/mol. The number of aromatic nitrogens is 3. The molecule has 8 nitrogen and oxygen atoms in total. The van der Waals surface area contributed by atoms with Crippen molar-refractivity contribution in [1.29, 1.82) is 0 Å². The molecule has 0 bridgehead atoms. The molecule has 0 radical (unpaired) electrons. The number of hydrogen-bond donors (Lipinski definition) is 0. The van der Waals surface area contributed by atoms with E-state index in [0.717, 1.165) is 5.75 Å². The van der Waals surface area contributed by atoms with Crippen LogP contribution >= 0.6 is 11.8 Å².